The van der Waals surface area contributed by atoms with Gasteiger partial charge in [-0.3, -0.25) is 34.9 Å². The molecule has 0 aliphatic heterocycles. The van der Waals surface area contributed by atoms with E-state index in [0.717, 1.165) is 109 Å². The summed E-state index contributed by atoms with van der Waals surface area (Å²) in [5.74, 6) is 1.40. The number of carbonyl (C=O) groups is 1. The summed E-state index contributed by atoms with van der Waals surface area (Å²) in [7, 11) is 0. The Hall–Kier alpha value is -8.21. The molecule has 68 heavy (non-hydrogen) atoms. The molecule has 0 unspecified atom stereocenters. The van der Waals surface area contributed by atoms with Gasteiger partial charge in [0.25, 0.3) is 0 Å². The van der Waals surface area contributed by atoms with Crippen molar-refractivity contribution >= 4 is 78.1 Å². The average Bonchev–Trinajstić information content (AvgIpc) is 4.20. The highest BCUT2D eigenvalue weighted by Gasteiger charge is 2.24. The number of aromatic amines is 4. The Labute approximate surface area is 396 Å². The molecule has 10 aromatic heterocycles. The van der Waals surface area contributed by atoms with Crippen LogP contribution in [0.15, 0.2) is 110 Å². The minimum Gasteiger partial charge on any atom is -0.335 e. The first-order valence-electron chi connectivity index (χ1n) is 22.1. The lowest BCUT2D eigenvalue weighted by molar-refractivity contribution is -0.116. The lowest BCUT2D eigenvalue weighted by atomic mass is 9.95. The van der Waals surface area contributed by atoms with Gasteiger partial charge in [-0.25, -0.2) is 9.97 Å². The number of hydrogen-bond acceptors (Lipinski definition) is 11. The fraction of sp³-hybridized carbons (Fsp3) is 0.135. The highest BCUT2D eigenvalue weighted by Crippen LogP contribution is 2.46. The van der Waals surface area contributed by atoms with E-state index in [4.69, 9.17) is 25.1 Å². The fourth-order valence-electron chi connectivity index (χ4n) is 8.99. The first kappa shape index (κ1) is 41.2. The summed E-state index contributed by atoms with van der Waals surface area (Å²) >= 11 is 3.39. The number of aromatic nitrogens is 12. The number of rotatable bonds is 10. The van der Waals surface area contributed by atoms with Crippen LogP contribution in [0.25, 0.3) is 121 Å². The number of nitrogens with one attached hydrogen (secondary N) is 5. The van der Waals surface area contributed by atoms with Gasteiger partial charge in [0, 0.05) is 101 Å². The Kier molecular flexibility index (Phi) is 9.88. The van der Waals surface area contributed by atoms with Crippen LogP contribution in [0, 0.1) is 26.7 Å². The predicted octanol–water partition coefficient (Wildman–Crippen LogP) is 12.5. The summed E-state index contributed by atoms with van der Waals surface area (Å²) in [6.45, 7) is 10.4. The van der Waals surface area contributed by atoms with Crippen LogP contribution in [-0.4, -0.2) is 66.2 Å². The molecule has 332 valence electrons. The second kappa shape index (κ2) is 16.3. The van der Waals surface area contributed by atoms with E-state index in [1.165, 1.54) is 4.88 Å². The summed E-state index contributed by atoms with van der Waals surface area (Å²) in [6.07, 6.45) is 15.0. The predicted molar refractivity (Wildman–Crippen MR) is 272 cm³/mol. The van der Waals surface area contributed by atoms with Crippen molar-refractivity contribution in [3.8, 4) is 77.3 Å². The number of amides is 1. The summed E-state index contributed by atoms with van der Waals surface area (Å²) in [4.78, 5) is 53.1. The Bertz CT molecular complexity index is 3940. The van der Waals surface area contributed by atoms with E-state index >= 15 is 0 Å². The summed E-state index contributed by atoms with van der Waals surface area (Å²) in [5.41, 5.74) is 15.6. The molecule has 0 bridgehead atoms. The van der Waals surface area contributed by atoms with Crippen LogP contribution in [0.1, 0.15) is 35.6 Å². The highest BCUT2D eigenvalue weighted by atomic mass is 32.1. The molecule has 0 spiro atoms. The van der Waals surface area contributed by atoms with Crippen LogP contribution in [0.4, 0.5) is 5.69 Å². The maximum Gasteiger partial charge on any atom is 0.224 e. The molecule has 0 fully saturated rings. The number of carbonyl (C=O) groups excluding carboxylic acids is 1. The van der Waals surface area contributed by atoms with Crippen LogP contribution in [-0.2, 0) is 4.79 Å². The number of pyridine rings is 4. The Balaban J connectivity index is 1.01. The topological polar surface area (TPSA) is 195 Å². The van der Waals surface area contributed by atoms with Gasteiger partial charge in [-0.05, 0) is 98.0 Å². The number of fused-ring (bicyclic) bond motifs is 4. The van der Waals surface area contributed by atoms with Gasteiger partial charge < -0.3 is 15.3 Å². The van der Waals surface area contributed by atoms with Gasteiger partial charge in [-0.2, -0.15) is 10.2 Å². The van der Waals surface area contributed by atoms with Gasteiger partial charge in [0.05, 0.1) is 46.3 Å². The van der Waals surface area contributed by atoms with E-state index in [0.29, 0.717) is 35.1 Å². The molecule has 0 saturated heterocycles. The number of H-pyrrole nitrogens is 4. The molecule has 1 amide bonds. The zero-order valence-electron chi connectivity index (χ0n) is 37.5. The summed E-state index contributed by atoms with van der Waals surface area (Å²) in [6, 6.07) is 20.9. The summed E-state index contributed by atoms with van der Waals surface area (Å²) < 4.78 is 0. The summed E-state index contributed by atoms with van der Waals surface area (Å²) in [5, 5.41) is 21.2. The van der Waals surface area contributed by atoms with Crippen LogP contribution in [0.3, 0.4) is 0 Å². The fourth-order valence-corrected chi connectivity index (χ4v) is 10.9. The minimum absolute atomic E-state index is 0.0589. The van der Waals surface area contributed by atoms with Crippen LogP contribution in [0.5, 0.6) is 0 Å². The molecule has 0 radical (unpaired) electrons. The Morgan fingerprint density at radius 3 is 2.09 bits per heavy atom. The maximum absolute atomic E-state index is 12.9. The quantitative estimate of drug-likeness (QED) is 0.0886. The minimum atomic E-state index is -0.0589. The van der Waals surface area contributed by atoms with E-state index in [1.54, 1.807) is 35.1 Å². The zero-order chi connectivity index (χ0) is 46.2. The molecule has 5 N–H and O–H groups in total. The van der Waals surface area contributed by atoms with E-state index in [9.17, 15) is 4.79 Å². The van der Waals surface area contributed by atoms with E-state index in [2.05, 4.69) is 104 Å². The molecule has 2 aromatic carbocycles. The number of anilines is 1. The first-order chi connectivity index (χ1) is 33.1. The zero-order valence-corrected chi connectivity index (χ0v) is 39.1. The third kappa shape index (κ3) is 7.21. The Morgan fingerprint density at radius 1 is 0.603 bits per heavy atom. The average molecular weight is 928 g/mol. The normalized spacial score (nSPS) is 11.9. The van der Waals surface area contributed by atoms with Crippen molar-refractivity contribution in [2.45, 2.75) is 41.0 Å². The molecule has 0 aliphatic carbocycles. The molecule has 0 atom stereocenters. The lowest BCUT2D eigenvalue weighted by Crippen LogP contribution is -2.13. The highest BCUT2D eigenvalue weighted by molar-refractivity contribution is 7.16. The van der Waals surface area contributed by atoms with Gasteiger partial charge >= 0.3 is 0 Å². The standard InChI is InChI=1S/C52H41N13OS2/c1-25(2)12-44(66)57-32-14-31(18-54-19-32)30-16-33(45-36(17-30)49(65-63-45)52-58-41-23-55-21-38(46(41)60-52)43-9-6-27(4)67-43)34-13-28(5)68-50(34)39-22-56-24-42-47(39)61-51(59-42)48-35-15-29(7-8-40(35)62-64-48)37-20-53-11-10-26(37)3/h6-11,13-25H,12H2,1-5H3,(H,57,66)(H,58,60)(H,59,61)(H,62,64)(H,63,65). The van der Waals surface area contributed by atoms with Gasteiger partial charge in [-0.15, -0.1) is 22.7 Å². The van der Waals surface area contributed by atoms with Crippen molar-refractivity contribution in [1.29, 1.82) is 0 Å². The number of thiophene rings is 2. The largest absolute Gasteiger partial charge is 0.335 e. The van der Waals surface area contributed by atoms with Crippen LogP contribution < -0.4 is 5.32 Å². The molecule has 12 aromatic rings. The first-order valence-corrected chi connectivity index (χ1v) is 23.8. The monoisotopic (exact) mass is 927 g/mol. The third-order valence-corrected chi connectivity index (χ3v) is 14.3. The molecule has 12 rings (SSSR count). The Morgan fingerprint density at radius 2 is 1.32 bits per heavy atom. The third-order valence-electron chi connectivity index (χ3n) is 12.2. The van der Waals surface area contributed by atoms with Crippen LogP contribution in [0.2, 0.25) is 0 Å². The molecule has 16 heteroatoms. The molecule has 14 nitrogen and oxygen atoms in total. The number of hydrogen-bond donors (Lipinski definition) is 5. The van der Waals surface area contributed by atoms with Gasteiger partial charge in [0.2, 0.25) is 5.91 Å². The van der Waals surface area contributed by atoms with Gasteiger partial charge in [0.1, 0.15) is 22.4 Å². The smallest absolute Gasteiger partial charge is 0.224 e. The molecule has 0 saturated carbocycles. The molecular formula is C52H41N13OS2. The van der Waals surface area contributed by atoms with Crippen molar-refractivity contribution in [3.63, 3.8) is 0 Å². The van der Waals surface area contributed by atoms with Crippen molar-refractivity contribution in [1.82, 2.24) is 60.3 Å². The molecular weight excluding hydrogens is 887 g/mol. The molecule has 0 aliphatic rings. The van der Waals surface area contributed by atoms with Crippen LogP contribution >= 0.6 is 22.7 Å². The number of aryl methyl sites for hydroxylation is 3. The number of imidazole rings is 2. The second-order valence-corrected chi connectivity index (χ2v) is 20.0. The molecule has 10 heterocycles. The number of benzene rings is 2. The van der Waals surface area contributed by atoms with Crippen molar-refractivity contribution < 1.29 is 4.79 Å². The lowest BCUT2D eigenvalue weighted by Gasteiger charge is -2.12. The van der Waals surface area contributed by atoms with Crippen molar-refractivity contribution in [3.05, 3.63) is 126 Å². The SMILES string of the molecule is Cc1ccc(-c2cncc3[nH]c(-c4n[nH]c5c(-c6cc(C)sc6-c6cncc7[nH]c(-c8n[nH]c9ccc(-c%10cnccc%10C)cc89)nc67)cc(-c6cncc(NC(=O)CC(C)C)c6)cc45)nc23)s1. The maximum atomic E-state index is 12.9. The van der Waals surface area contributed by atoms with E-state index < -0.39 is 0 Å². The van der Waals surface area contributed by atoms with Gasteiger partial charge in [-0.1, -0.05) is 19.9 Å². The van der Waals surface area contributed by atoms with Crippen molar-refractivity contribution in [2.75, 3.05) is 5.32 Å². The van der Waals surface area contributed by atoms with Gasteiger partial charge in [0.15, 0.2) is 11.6 Å². The van der Waals surface area contributed by atoms with Crippen molar-refractivity contribution in [2.24, 2.45) is 5.92 Å². The van der Waals surface area contributed by atoms with E-state index in [1.807, 2.05) is 69.2 Å². The second-order valence-electron chi connectivity index (χ2n) is 17.5. The van der Waals surface area contributed by atoms with E-state index in [-0.39, 0.29) is 11.8 Å². The number of nitrogens with zero attached hydrogens (tertiary/aromatic N) is 8.